The molecule has 4 rings (SSSR count). The molecule has 3 aromatic rings. The van der Waals surface area contributed by atoms with Gasteiger partial charge in [-0.3, -0.25) is 9.59 Å². The second-order valence-corrected chi connectivity index (χ2v) is 8.34. The first kappa shape index (κ1) is 22.8. The summed E-state index contributed by atoms with van der Waals surface area (Å²) in [5.74, 6) is 0.0793. The minimum absolute atomic E-state index is 0.320. The Morgan fingerprint density at radius 1 is 1.00 bits per heavy atom. The van der Waals surface area contributed by atoms with Crippen LogP contribution in [0.4, 0.5) is 0 Å². The van der Waals surface area contributed by atoms with Crippen LogP contribution in [0.25, 0.3) is 0 Å². The van der Waals surface area contributed by atoms with Crippen LogP contribution < -0.4 is 15.5 Å². The number of nitrogens with zero attached hydrogens (tertiary/aromatic N) is 1. The van der Waals surface area contributed by atoms with Gasteiger partial charge < -0.3 is 10.1 Å². The number of amides is 2. The summed E-state index contributed by atoms with van der Waals surface area (Å²) in [6.07, 6.45) is 1.82. The van der Waals surface area contributed by atoms with Crippen molar-refractivity contribution in [1.29, 1.82) is 0 Å². The Morgan fingerprint density at radius 3 is 2.21 bits per heavy atom. The van der Waals surface area contributed by atoms with Crippen LogP contribution in [0.3, 0.4) is 0 Å². The molecule has 0 aromatic heterocycles. The highest BCUT2D eigenvalue weighted by atomic mass is 35.5. The van der Waals surface area contributed by atoms with Crippen LogP contribution in [0.5, 0.6) is 5.75 Å². The van der Waals surface area contributed by atoms with E-state index in [0.29, 0.717) is 22.2 Å². The molecule has 2 amide bonds. The highest BCUT2D eigenvalue weighted by Gasteiger charge is 2.47. The highest BCUT2D eigenvalue weighted by Crippen LogP contribution is 2.27. The van der Waals surface area contributed by atoms with Gasteiger partial charge in [0.2, 0.25) is 12.3 Å². The van der Waals surface area contributed by atoms with Crippen molar-refractivity contribution in [3.05, 3.63) is 99.5 Å². The van der Waals surface area contributed by atoms with E-state index >= 15 is 0 Å². The summed E-state index contributed by atoms with van der Waals surface area (Å²) in [5.41, 5.74) is 4.96. The van der Waals surface area contributed by atoms with E-state index < -0.39 is 12.1 Å². The molecular formula is C25H22Cl2N3O3+. The molecule has 1 heterocycles. The van der Waals surface area contributed by atoms with Gasteiger partial charge in [-0.2, -0.15) is 0 Å². The van der Waals surface area contributed by atoms with Crippen molar-refractivity contribution in [2.24, 2.45) is 0 Å². The minimum Gasteiger partial charge on any atom is -0.494 e. The standard InChI is InChI=1S/C25H21Cl2N3O3/c1-2-33-21-13-3-16(4-14-21)15-30-23(17-5-9-19(26)10-6-17)22(25(32)29-30)28-24(31)18-7-11-20(27)12-8-18/h3-15,22-23H,2H2,1H3,(H-,28,29,31,32)/p+1/b30-15-/t22-,23+/m0/s1. The lowest BCUT2D eigenvalue weighted by molar-refractivity contribution is -0.596. The number of ether oxygens (including phenoxy) is 1. The second-order valence-electron chi connectivity index (χ2n) is 7.47. The van der Waals surface area contributed by atoms with E-state index in [-0.39, 0.29) is 11.8 Å². The molecule has 1 fully saturated rings. The molecule has 0 unspecified atom stereocenters. The Morgan fingerprint density at radius 2 is 1.61 bits per heavy atom. The lowest BCUT2D eigenvalue weighted by atomic mass is 10.00. The molecule has 168 valence electrons. The fourth-order valence-corrected chi connectivity index (χ4v) is 3.90. The summed E-state index contributed by atoms with van der Waals surface area (Å²) in [6, 6.07) is 19.9. The predicted octanol–water partition coefficient (Wildman–Crippen LogP) is 4.41. The summed E-state index contributed by atoms with van der Waals surface area (Å²) < 4.78 is 7.20. The molecule has 6 nitrogen and oxygen atoms in total. The zero-order valence-electron chi connectivity index (χ0n) is 17.8. The van der Waals surface area contributed by atoms with Crippen LogP contribution in [0, 0.1) is 0 Å². The quantitative estimate of drug-likeness (QED) is 0.511. The summed E-state index contributed by atoms with van der Waals surface area (Å²) in [7, 11) is 0. The van der Waals surface area contributed by atoms with Crippen LogP contribution in [0.2, 0.25) is 10.0 Å². The molecule has 8 heteroatoms. The van der Waals surface area contributed by atoms with Gasteiger partial charge in [-0.25, -0.2) is 0 Å². The molecule has 33 heavy (non-hydrogen) atoms. The fraction of sp³-hybridized carbons (Fsp3) is 0.160. The average molecular weight is 483 g/mol. The molecule has 0 bridgehead atoms. The van der Waals surface area contributed by atoms with Crippen LogP contribution >= 0.6 is 23.2 Å². The molecule has 0 spiro atoms. The van der Waals surface area contributed by atoms with E-state index in [1.54, 1.807) is 41.1 Å². The molecule has 1 aliphatic rings. The van der Waals surface area contributed by atoms with Crippen molar-refractivity contribution in [3.8, 4) is 5.75 Å². The summed E-state index contributed by atoms with van der Waals surface area (Å²) >= 11 is 12.0. The number of benzene rings is 3. The van der Waals surface area contributed by atoms with E-state index in [0.717, 1.165) is 16.9 Å². The van der Waals surface area contributed by atoms with Crippen molar-refractivity contribution < 1.29 is 19.0 Å². The largest absolute Gasteiger partial charge is 0.494 e. The van der Waals surface area contributed by atoms with E-state index in [2.05, 4.69) is 10.7 Å². The number of nitrogens with one attached hydrogen (secondary N) is 2. The number of hydrogen-bond acceptors (Lipinski definition) is 3. The van der Waals surface area contributed by atoms with E-state index in [4.69, 9.17) is 27.9 Å². The second kappa shape index (κ2) is 10.1. The number of carbonyl (C=O) groups is 2. The fourth-order valence-electron chi connectivity index (χ4n) is 3.64. The minimum atomic E-state index is -0.826. The Balaban J connectivity index is 1.66. The first-order valence-electron chi connectivity index (χ1n) is 10.4. The van der Waals surface area contributed by atoms with Gasteiger partial charge >= 0.3 is 5.91 Å². The lowest BCUT2D eigenvalue weighted by Crippen LogP contribution is -2.42. The van der Waals surface area contributed by atoms with Crippen molar-refractivity contribution >= 4 is 41.2 Å². The lowest BCUT2D eigenvalue weighted by Gasteiger charge is -2.15. The van der Waals surface area contributed by atoms with Crippen LogP contribution in [-0.4, -0.2) is 35.4 Å². The third kappa shape index (κ3) is 5.35. The maximum Gasteiger partial charge on any atom is 0.304 e. The normalized spacial score (nSPS) is 18.8. The molecule has 3 aromatic carbocycles. The first-order valence-corrected chi connectivity index (χ1v) is 11.2. The number of hydrogen-bond donors (Lipinski definition) is 2. The van der Waals surface area contributed by atoms with E-state index in [1.807, 2.05) is 49.5 Å². The van der Waals surface area contributed by atoms with Gasteiger partial charge in [-0.15, -0.1) is 10.1 Å². The third-order valence-corrected chi connectivity index (χ3v) is 5.72. The van der Waals surface area contributed by atoms with Gasteiger partial charge in [0.25, 0.3) is 5.91 Å². The zero-order valence-corrected chi connectivity index (χ0v) is 19.3. The van der Waals surface area contributed by atoms with Gasteiger partial charge in [0.15, 0.2) is 6.04 Å². The van der Waals surface area contributed by atoms with E-state index in [1.165, 1.54) is 0 Å². The monoisotopic (exact) mass is 482 g/mol. The van der Waals surface area contributed by atoms with Crippen molar-refractivity contribution in [2.45, 2.75) is 19.0 Å². The van der Waals surface area contributed by atoms with Crippen LogP contribution in [-0.2, 0) is 4.79 Å². The van der Waals surface area contributed by atoms with Crippen molar-refractivity contribution in [1.82, 2.24) is 10.7 Å². The highest BCUT2D eigenvalue weighted by molar-refractivity contribution is 6.30. The number of hydrazine groups is 1. The predicted molar refractivity (Wildman–Crippen MR) is 128 cm³/mol. The van der Waals surface area contributed by atoms with Crippen molar-refractivity contribution in [3.63, 3.8) is 0 Å². The molecule has 2 atom stereocenters. The number of halogens is 2. The van der Waals surface area contributed by atoms with Gasteiger partial charge in [0, 0.05) is 26.7 Å². The van der Waals surface area contributed by atoms with Gasteiger partial charge in [0.05, 0.1) is 6.61 Å². The number of rotatable bonds is 6. The average Bonchev–Trinajstić information content (AvgIpc) is 3.10. The molecule has 0 radical (unpaired) electrons. The maximum atomic E-state index is 12.9. The third-order valence-electron chi connectivity index (χ3n) is 5.22. The molecule has 0 aliphatic carbocycles. The Hall–Kier alpha value is -3.35. The van der Waals surface area contributed by atoms with Gasteiger partial charge in [-0.05, 0) is 67.6 Å². The summed E-state index contributed by atoms with van der Waals surface area (Å²) in [4.78, 5) is 25.8. The summed E-state index contributed by atoms with van der Waals surface area (Å²) in [6.45, 7) is 2.51. The Bertz CT molecular complexity index is 1180. The molecule has 0 saturated carbocycles. The molecular weight excluding hydrogens is 461 g/mol. The van der Waals surface area contributed by atoms with E-state index in [9.17, 15) is 9.59 Å². The molecule has 1 aliphatic heterocycles. The van der Waals surface area contributed by atoms with Gasteiger partial charge in [0.1, 0.15) is 5.75 Å². The van der Waals surface area contributed by atoms with Gasteiger partial charge in [-0.1, -0.05) is 35.3 Å². The van der Waals surface area contributed by atoms with Crippen LogP contribution in [0.1, 0.15) is 34.5 Å². The molecule has 1 saturated heterocycles. The SMILES string of the molecule is CCOc1ccc(/C=[N+]2\NC(=O)[C@@H](NC(=O)c3ccc(Cl)cc3)[C@H]2c2ccc(Cl)cc2)cc1. The number of carbonyl (C=O) groups excluding carboxylic acids is 2. The Labute approximate surface area is 201 Å². The molecule has 2 N–H and O–H groups in total. The summed E-state index contributed by atoms with van der Waals surface area (Å²) in [5, 5.41) is 3.97. The topological polar surface area (TPSA) is 70.4 Å². The zero-order chi connectivity index (χ0) is 23.4. The Kier molecular flexibility index (Phi) is 6.96. The van der Waals surface area contributed by atoms with Crippen molar-refractivity contribution in [2.75, 3.05) is 6.61 Å². The smallest absolute Gasteiger partial charge is 0.304 e. The first-order chi connectivity index (χ1) is 15.9. The number of hydrazone groups is 1. The van der Waals surface area contributed by atoms with Crippen LogP contribution in [0.15, 0.2) is 72.8 Å². The maximum absolute atomic E-state index is 12.9.